The number of amides is 1. The molecule has 5 aliphatic rings. The summed E-state index contributed by atoms with van der Waals surface area (Å²) in [4.78, 5) is 20.4. The third-order valence-corrected chi connectivity index (χ3v) is 7.39. The molecule has 0 aromatic carbocycles. The highest BCUT2D eigenvalue weighted by Crippen LogP contribution is 2.30. The number of piperidine rings is 1. The minimum atomic E-state index is 0.0464. The maximum absolute atomic E-state index is 12.5. The van der Waals surface area contributed by atoms with Crippen LogP contribution in [0.4, 0.5) is 0 Å². The second-order valence-electron chi connectivity index (χ2n) is 9.63. The molecule has 1 unspecified atom stereocenters. The normalized spacial score (nSPS) is 30.5. The number of carbonyl (C=O) groups is 1. The van der Waals surface area contributed by atoms with Gasteiger partial charge in [0.1, 0.15) is 5.70 Å². The molecule has 0 bridgehead atoms. The van der Waals surface area contributed by atoms with Crippen LogP contribution in [0.1, 0.15) is 44.9 Å². The molecule has 2 aliphatic carbocycles. The van der Waals surface area contributed by atoms with E-state index < -0.39 is 0 Å². The Bertz CT molecular complexity index is 646. The van der Waals surface area contributed by atoms with E-state index in [2.05, 4.69) is 31.4 Å². The summed E-state index contributed by atoms with van der Waals surface area (Å²) >= 11 is 0. The molecule has 3 heterocycles. The number of rotatable bonds is 6. The Morgan fingerprint density at radius 1 is 0.897 bits per heavy atom. The minimum absolute atomic E-state index is 0.0464. The number of nitrogens with zero attached hydrogens (tertiary/aromatic N) is 3. The van der Waals surface area contributed by atoms with E-state index in [1.807, 2.05) is 12.2 Å². The van der Waals surface area contributed by atoms with Gasteiger partial charge in [-0.3, -0.25) is 14.6 Å². The molecule has 4 fully saturated rings. The van der Waals surface area contributed by atoms with Crippen molar-refractivity contribution in [3.63, 3.8) is 0 Å². The molecule has 6 nitrogen and oxygen atoms in total. The predicted octanol–water partition coefficient (Wildman–Crippen LogP) is 1.52. The van der Waals surface area contributed by atoms with Gasteiger partial charge in [-0.05, 0) is 82.6 Å². The Morgan fingerprint density at radius 2 is 1.59 bits per heavy atom. The summed E-state index contributed by atoms with van der Waals surface area (Å²) in [6, 6.07) is 1.69. The van der Waals surface area contributed by atoms with Crippen LogP contribution in [0.15, 0.2) is 23.9 Å². The highest BCUT2D eigenvalue weighted by molar-refractivity contribution is 5.93. The number of carbonyl (C=O) groups excluding carboxylic acids is 1. The van der Waals surface area contributed by atoms with Crippen molar-refractivity contribution in [2.24, 2.45) is 5.92 Å². The van der Waals surface area contributed by atoms with Crippen molar-refractivity contribution in [1.82, 2.24) is 25.3 Å². The second-order valence-corrected chi connectivity index (χ2v) is 9.63. The Hall–Kier alpha value is -1.37. The smallest absolute Gasteiger partial charge is 0.267 e. The van der Waals surface area contributed by atoms with Crippen LogP contribution in [0.5, 0.6) is 0 Å². The average Bonchev–Trinajstić information content (AvgIpc) is 3.66. The van der Waals surface area contributed by atoms with Crippen LogP contribution in [0.3, 0.4) is 0 Å². The number of allylic oxidation sites excluding steroid dienone is 2. The molecule has 2 saturated heterocycles. The van der Waals surface area contributed by atoms with Gasteiger partial charge in [0.05, 0.1) is 6.17 Å². The van der Waals surface area contributed by atoms with E-state index >= 15 is 0 Å². The van der Waals surface area contributed by atoms with Gasteiger partial charge in [-0.2, -0.15) is 0 Å². The van der Waals surface area contributed by atoms with E-state index in [-0.39, 0.29) is 12.1 Å². The second kappa shape index (κ2) is 8.78. The van der Waals surface area contributed by atoms with E-state index in [1.54, 1.807) is 0 Å². The molecule has 1 amide bonds. The molecule has 1 atom stereocenters. The summed E-state index contributed by atoms with van der Waals surface area (Å²) < 4.78 is 0. The quantitative estimate of drug-likeness (QED) is 0.709. The fourth-order valence-corrected chi connectivity index (χ4v) is 5.18. The lowest BCUT2D eigenvalue weighted by atomic mass is 10.0. The highest BCUT2D eigenvalue weighted by Gasteiger charge is 2.34. The molecular weight excluding hydrogens is 362 g/mol. The first kappa shape index (κ1) is 19.6. The molecule has 2 N–H and O–H groups in total. The van der Waals surface area contributed by atoms with Crippen molar-refractivity contribution in [3.05, 3.63) is 23.9 Å². The van der Waals surface area contributed by atoms with Gasteiger partial charge < -0.3 is 15.5 Å². The molecule has 0 radical (unpaired) electrons. The van der Waals surface area contributed by atoms with E-state index in [4.69, 9.17) is 0 Å². The molecular formula is C23H37N5O. The zero-order valence-corrected chi connectivity index (χ0v) is 17.7. The van der Waals surface area contributed by atoms with Crippen LogP contribution in [0.25, 0.3) is 0 Å². The topological polar surface area (TPSA) is 50.9 Å². The molecule has 5 rings (SSSR count). The lowest BCUT2D eigenvalue weighted by Crippen LogP contribution is -2.50. The van der Waals surface area contributed by atoms with Crippen LogP contribution >= 0.6 is 0 Å². The summed E-state index contributed by atoms with van der Waals surface area (Å²) in [6.07, 6.45) is 15.6. The van der Waals surface area contributed by atoms with Gasteiger partial charge in [-0.15, -0.1) is 0 Å². The van der Waals surface area contributed by atoms with Crippen LogP contribution in [-0.4, -0.2) is 84.7 Å². The number of hydrogen-bond donors (Lipinski definition) is 2. The molecule has 0 aromatic rings. The van der Waals surface area contributed by atoms with Gasteiger partial charge >= 0.3 is 0 Å². The van der Waals surface area contributed by atoms with Crippen molar-refractivity contribution in [3.8, 4) is 0 Å². The van der Waals surface area contributed by atoms with Gasteiger partial charge in [-0.1, -0.05) is 6.08 Å². The first-order valence-corrected chi connectivity index (χ1v) is 11.9. The Morgan fingerprint density at radius 3 is 2.34 bits per heavy atom. The summed E-state index contributed by atoms with van der Waals surface area (Å²) in [7, 11) is 0. The van der Waals surface area contributed by atoms with Crippen molar-refractivity contribution < 1.29 is 4.79 Å². The Labute approximate surface area is 175 Å². The summed E-state index contributed by atoms with van der Waals surface area (Å²) in [5.41, 5.74) is 0.715. The monoisotopic (exact) mass is 399 g/mol. The largest absolute Gasteiger partial charge is 0.362 e. The van der Waals surface area contributed by atoms with Crippen LogP contribution in [0, 0.1) is 5.92 Å². The molecule has 3 aliphatic heterocycles. The molecule has 160 valence electrons. The number of hydrogen-bond acceptors (Lipinski definition) is 5. The third kappa shape index (κ3) is 5.04. The molecule has 6 heteroatoms. The number of likely N-dealkylation sites (tertiary alicyclic amines) is 1. The summed E-state index contributed by atoms with van der Waals surface area (Å²) in [6.45, 7) is 7.94. The van der Waals surface area contributed by atoms with E-state index in [9.17, 15) is 4.79 Å². The van der Waals surface area contributed by atoms with Crippen LogP contribution in [0.2, 0.25) is 0 Å². The van der Waals surface area contributed by atoms with Crippen LogP contribution < -0.4 is 10.6 Å². The van der Waals surface area contributed by atoms with Crippen LogP contribution in [-0.2, 0) is 4.79 Å². The van der Waals surface area contributed by atoms with Gasteiger partial charge in [-0.25, -0.2) is 0 Å². The maximum atomic E-state index is 12.5. The number of dihydropyridines is 1. The maximum Gasteiger partial charge on any atom is 0.267 e. The van der Waals surface area contributed by atoms with Gasteiger partial charge in [0.25, 0.3) is 5.91 Å². The summed E-state index contributed by atoms with van der Waals surface area (Å²) in [5.74, 6) is 0.757. The predicted molar refractivity (Wildman–Crippen MR) is 115 cm³/mol. The Balaban J connectivity index is 1.09. The van der Waals surface area contributed by atoms with Gasteiger partial charge in [0.2, 0.25) is 0 Å². The van der Waals surface area contributed by atoms with Crippen molar-refractivity contribution in [2.75, 3.05) is 45.8 Å². The first-order valence-electron chi connectivity index (χ1n) is 11.9. The van der Waals surface area contributed by atoms with Gasteiger partial charge in [0.15, 0.2) is 0 Å². The zero-order chi connectivity index (χ0) is 19.6. The van der Waals surface area contributed by atoms with E-state index in [1.165, 1.54) is 64.6 Å². The summed E-state index contributed by atoms with van der Waals surface area (Å²) in [5, 5.41) is 6.56. The molecule has 29 heavy (non-hydrogen) atoms. The Kier molecular flexibility index (Phi) is 5.93. The van der Waals surface area contributed by atoms with Gasteiger partial charge in [0, 0.05) is 38.3 Å². The fraction of sp³-hybridized carbons (Fsp3) is 0.783. The zero-order valence-electron chi connectivity index (χ0n) is 17.7. The highest BCUT2D eigenvalue weighted by atomic mass is 16.2. The average molecular weight is 400 g/mol. The molecule has 0 aromatic heterocycles. The van der Waals surface area contributed by atoms with Crippen molar-refractivity contribution in [2.45, 2.75) is 63.2 Å². The first-order chi connectivity index (χ1) is 14.3. The fourth-order valence-electron chi connectivity index (χ4n) is 5.18. The molecule has 2 saturated carbocycles. The van der Waals surface area contributed by atoms with E-state index in [0.29, 0.717) is 11.6 Å². The van der Waals surface area contributed by atoms with Crippen molar-refractivity contribution >= 4 is 5.91 Å². The lowest BCUT2D eigenvalue weighted by Gasteiger charge is -2.38. The molecule has 0 spiro atoms. The SMILES string of the molecule is O=C(NCC1CC1)C1=CC=CC(N2CCCN(C3CCN(C4CC4)CC3)CC2)N1. The number of nitrogens with one attached hydrogen (secondary N) is 2. The third-order valence-electron chi connectivity index (χ3n) is 7.39. The minimum Gasteiger partial charge on any atom is -0.362 e. The van der Waals surface area contributed by atoms with Crippen molar-refractivity contribution in [1.29, 1.82) is 0 Å². The van der Waals surface area contributed by atoms with E-state index in [0.717, 1.165) is 38.3 Å². The lowest BCUT2D eigenvalue weighted by molar-refractivity contribution is -0.118. The standard InChI is InChI=1S/C23H37N5O/c29-23(24-17-18-5-6-18)21-3-1-4-22(25-21)28-12-2-11-26(15-16-28)20-9-13-27(14-10-20)19-7-8-19/h1,3-4,18-20,22,25H,2,5-17H2,(H,24,29).